The molecular formula is C20H18F6N4O. The van der Waals surface area contributed by atoms with Gasteiger partial charge in [0.15, 0.2) is 11.6 Å². The minimum Gasteiger partial charge on any atom is -0.406 e. The highest BCUT2D eigenvalue weighted by atomic mass is 19.4. The highest BCUT2D eigenvalue weighted by Gasteiger charge is 2.32. The number of benzene rings is 2. The Morgan fingerprint density at radius 3 is 2.58 bits per heavy atom. The molecular weight excluding hydrogens is 426 g/mol. The fourth-order valence-electron chi connectivity index (χ4n) is 3.66. The Morgan fingerprint density at radius 2 is 1.87 bits per heavy atom. The third-order valence-electron chi connectivity index (χ3n) is 5.10. The van der Waals surface area contributed by atoms with Gasteiger partial charge in [0, 0.05) is 25.2 Å². The molecule has 2 aromatic carbocycles. The van der Waals surface area contributed by atoms with Crippen molar-refractivity contribution in [3.63, 3.8) is 0 Å². The molecule has 1 aromatic heterocycles. The summed E-state index contributed by atoms with van der Waals surface area (Å²) in [5.41, 5.74) is 6.65. The number of aromatic nitrogens is 2. The Hall–Kier alpha value is -2.95. The number of piperidine rings is 1. The fraction of sp³-hybridized carbons (Fsp3) is 0.350. The van der Waals surface area contributed by atoms with Gasteiger partial charge in [-0.25, -0.2) is 18.2 Å². The summed E-state index contributed by atoms with van der Waals surface area (Å²) in [6.07, 6.45) is -5.87. The van der Waals surface area contributed by atoms with Crippen LogP contribution in [0.4, 0.5) is 32.3 Å². The number of hydrogen-bond acceptors (Lipinski definition) is 4. The lowest BCUT2D eigenvalue weighted by Gasteiger charge is -2.34. The maximum absolute atomic E-state index is 13.9. The van der Waals surface area contributed by atoms with Crippen LogP contribution in [0, 0.1) is 11.6 Å². The molecule has 31 heavy (non-hydrogen) atoms. The molecule has 2 heterocycles. The molecule has 11 heteroatoms. The van der Waals surface area contributed by atoms with Crippen molar-refractivity contribution in [3.05, 3.63) is 53.6 Å². The molecule has 0 saturated carbocycles. The maximum Gasteiger partial charge on any atom is 0.573 e. The number of alkyl halides is 4. The van der Waals surface area contributed by atoms with Gasteiger partial charge in [-0.1, -0.05) is 12.1 Å². The minimum absolute atomic E-state index is 0.00322. The molecule has 0 amide bonds. The summed E-state index contributed by atoms with van der Waals surface area (Å²) < 4.78 is 84.7. The van der Waals surface area contributed by atoms with Gasteiger partial charge < -0.3 is 19.9 Å². The van der Waals surface area contributed by atoms with Gasteiger partial charge in [0.2, 0.25) is 5.95 Å². The van der Waals surface area contributed by atoms with E-state index >= 15 is 0 Å². The second kappa shape index (κ2) is 7.95. The van der Waals surface area contributed by atoms with Gasteiger partial charge in [-0.3, -0.25) is 0 Å². The lowest BCUT2D eigenvalue weighted by Crippen LogP contribution is -2.50. The Labute approximate surface area is 173 Å². The van der Waals surface area contributed by atoms with Crippen LogP contribution in [0.3, 0.4) is 0 Å². The number of anilines is 1. The van der Waals surface area contributed by atoms with Gasteiger partial charge in [0.25, 0.3) is 0 Å². The second-order valence-corrected chi connectivity index (χ2v) is 7.36. The third kappa shape index (κ3) is 4.55. The molecule has 5 nitrogen and oxygen atoms in total. The predicted molar refractivity (Wildman–Crippen MR) is 102 cm³/mol. The summed E-state index contributed by atoms with van der Waals surface area (Å²) in [5, 5.41) is 0. The van der Waals surface area contributed by atoms with Gasteiger partial charge in [-0.05, 0) is 24.1 Å². The topological polar surface area (TPSA) is 56.3 Å². The lowest BCUT2D eigenvalue weighted by molar-refractivity contribution is -0.274. The van der Waals surface area contributed by atoms with E-state index in [4.69, 9.17) is 5.73 Å². The van der Waals surface area contributed by atoms with E-state index in [1.54, 1.807) is 11.0 Å². The summed E-state index contributed by atoms with van der Waals surface area (Å²) in [4.78, 5) is 6.07. The predicted octanol–water partition coefficient (Wildman–Crippen LogP) is 4.14. The zero-order valence-corrected chi connectivity index (χ0v) is 16.0. The largest absolute Gasteiger partial charge is 0.573 e. The number of hydrogen-bond donors (Lipinski definition) is 1. The van der Waals surface area contributed by atoms with E-state index in [-0.39, 0.29) is 37.1 Å². The molecule has 1 aliphatic heterocycles. The van der Waals surface area contributed by atoms with Crippen molar-refractivity contribution in [2.75, 3.05) is 18.0 Å². The first-order chi connectivity index (χ1) is 14.6. The van der Waals surface area contributed by atoms with E-state index < -0.39 is 36.0 Å². The molecule has 0 bridgehead atoms. The highest BCUT2D eigenvalue weighted by molar-refractivity contribution is 5.79. The van der Waals surface area contributed by atoms with E-state index in [1.807, 2.05) is 0 Å². The Morgan fingerprint density at radius 1 is 1.13 bits per heavy atom. The molecule has 0 aliphatic carbocycles. The van der Waals surface area contributed by atoms with Crippen LogP contribution in [-0.4, -0.2) is 41.2 Å². The summed E-state index contributed by atoms with van der Waals surface area (Å²) in [6.45, 7) is 0.407. The van der Waals surface area contributed by atoms with Crippen molar-refractivity contribution < 1.29 is 31.1 Å². The first-order valence-corrected chi connectivity index (χ1v) is 9.45. The fourth-order valence-corrected chi connectivity index (χ4v) is 3.66. The van der Waals surface area contributed by atoms with Crippen LogP contribution >= 0.6 is 0 Å². The number of rotatable bonds is 4. The van der Waals surface area contributed by atoms with Crippen LogP contribution < -0.4 is 15.4 Å². The Kier molecular flexibility index (Phi) is 5.46. The molecule has 3 aromatic rings. The number of ether oxygens (including phenoxy) is 1. The van der Waals surface area contributed by atoms with Gasteiger partial charge >= 0.3 is 6.36 Å². The summed E-state index contributed by atoms with van der Waals surface area (Å²) in [5.74, 6) is -2.28. The third-order valence-corrected chi connectivity index (χ3v) is 5.10. The van der Waals surface area contributed by atoms with Crippen LogP contribution in [0.1, 0.15) is 12.0 Å². The van der Waals surface area contributed by atoms with Crippen molar-refractivity contribution in [2.45, 2.75) is 31.5 Å². The molecule has 4 rings (SSSR count). The average molecular weight is 444 g/mol. The van der Waals surface area contributed by atoms with Crippen LogP contribution in [0.15, 0.2) is 36.4 Å². The summed E-state index contributed by atoms with van der Waals surface area (Å²) >= 11 is 0. The monoisotopic (exact) mass is 444 g/mol. The molecule has 166 valence electrons. The SMILES string of the molecule is N[C@@H]1CN(c2nc3cc(F)c(F)cc3n2Cc2cccc(OC(F)(F)F)c2)CCC1F. The van der Waals surface area contributed by atoms with E-state index in [0.717, 1.165) is 18.2 Å². The quantitative estimate of drug-likeness (QED) is 0.615. The van der Waals surface area contributed by atoms with Gasteiger partial charge in [0.05, 0.1) is 23.6 Å². The molecule has 1 saturated heterocycles. The summed E-state index contributed by atoms with van der Waals surface area (Å²) in [7, 11) is 0. The van der Waals surface area contributed by atoms with Gasteiger partial charge in [-0.15, -0.1) is 13.2 Å². The molecule has 2 atom stereocenters. The smallest absolute Gasteiger partial charge is 0.406 e. The number of imidazole rings is 1. The van der Waals surface area contributed by atoms with Crippen LogP contribution in [0.25, 0.3) is 11.0 Å². The summed E-state index contributed by atoms with van der Waals surface area (Å²) in [6, 6.07) is 6.46. The zero-order valence-electron chi connectivity index (χ0n) is 16.0. The van der Waals surface area contributed by atoms with Crippen molar-refractivity contribution in [1.82, 2.24) is 9.55 Å². The highest BCUT2D eigenvalue weighted by Crippen LogP contribution is 2.30. The number of fused-ring (bicyclic) bond motifs is 1. The van der Waals surface area contributed by atoms with Crippen molar-refractivity contribution in [1.29, 1.82) is 0 Å². The van der Waals surface area contributed by atoms with Crippen molar-refractivity contribution in [3.8, 4) is 5.75 Å². The number of halogens is 6. The van der Waals surface area contributed by atoms with E-state index in [2.05, 4.69) is 9.72 Å². The van der Waals surface area contributed by atoms with Crippen LogP contribution in [-0.2, 0) is 6.54 Å². The maximum atomic E-state index is 13.9. The standard InChI is InChI=1S/C20H18F6N4O/c21-13-4-5-29(10-16(13)27)19-28-17-7-14(22)15(23)8-18(17)30(19)9-11-2-1-3-12(6-11)31-20(24,25)26/h1-3,6-8,13,16H,4-5,9-10,27H2/t13?,16-/m1/s1. The van der Waals surface area contributed by atoms with E-state index in [9.17, 15) is 26.3 Å². The second-order valence-electron chi connectivity index (χ2n) is 7.36. The molecule has 1 fully saturated rings. The van der Waals surface area contributed by atoms with Crippen LogP contribution in [0.5, 0.6) is 5.75 Å². The van der Waals surface area contributed by atoms with Crippen molar-refractivity contribution >= 4 is 17.0 Å². The molecule has 0 spiro atoms. The van der Waals surface area contributed by atoms with Crippen molar-refractivity contribution in [2.24, 2.45) is 5.73 Å². The minimum atomic E-state index is -4.85. The zero-order chi connectivity index (χ0) is 22.3. The van der Waals surface area contributed by atoms with E-state index in [1.165, 1.54) is 16.7 Å². The van der Waals surface area contributed by atoms with Gasteiger partial charge in [0.1, 0.15) is 11.9 Å². The Balaban J connectivity index is 1.75. The average Bonchev–Trinajstić information content (AvgIpc) is 3.00. The molecule has 1 aliphatic rings. The molecule has 2 N–H and O–H groups in total. The Bertz CT molecular complexity index is 1100. The normalized spacial score (nSPS) is 19.8. The number of nitrogens with two attached hydrogens (primary N) is 1. The van der Waals surface area contributed by atoms with Crippen LogP contribution in [0.2, 0.25) is 0 Å². The molecule has 0 radical (unpaired) electrons. The lowest BCUT2D eigenvalue weighted by atomic mass is 10.1. The van der Waals surface area contributed by atoms with E-state index in [0.29, 0.717) is 11.5 Å². The number of nitrogens with zero attached hydrogens (tertiary/aromatic N) is 3. The first kappa shape index (κ1) is 21.3. The van der Waals surface area contributed by atoms with Gasteiger partial charge in [-0.2, -0.15) is 0 Å². The first-order valence-electron chi connectivity index (χ1n) is 9.45. The molecule has 1 unspecified atom stereocenters.